The van der Waals surface area contributed by atoms with Crippen molar-refractivity contribution in [1.82, 2.24) is 24.6 Å². The number of aromatic nitrogens is 4. The van der Waals surface area contributed by atoms with Crippen LogP contribution in [0.15, 0.2) is 65.6 Å². The summed E-state index contributed by atoms with van der Waals surface area (Å²) in [6.07, 6.45) is 3.61. The molecule has 2 aromatic carbocycles. The predicted molar refractivity (Wildman–Crippen MR) is 130 cm³/mol. The molecule has 5 rings (SSSR count). The number of aryl methyl sites for hydroxylation is 1. The van der Waals surface area contributed by atoms with Gasteiger partial charge in [-0.05, 0) is 35.7 Å². The van der Waals surface area contributed by atoms with Crippen LogP contribution in [-0.2, 0) is 32.4 Å². The van der Waals surface area contributed by atoms with E-state index in [9.17, 15) is 14.0 Å². The van der Waals surface area contributed by atoms with Crippen molar-refractivity contribution in [1.29, 1.82) is 0 Å². The lowest BCUT2D eigenvalue weighted by molar-refractivity contribution is 0.0701. The monoisotopic (exact) mass is 471 g/mol. The highest BCUT2D eigenvalue weighted by atomic mass is 19.1. The molecule has 3 heterocycles. The number of rotatable bonds is 6. The second-order valence-corrected chi connectivity index (χ2v) is 8.76. The van der Waals surface area contributed by atoms with Crippen LogP contribution in [0.2, 0.25) is 0 Å². The molecule has 0 unspecified atom stereocenters. The summed E-state index contributed by atoms with van der Waals surface area (Å²) in [5.41, 5.74) is 4.19. The Hall–Kier alpha value is -4.07. The van der Waals surface area contributed by atoms with Gasteiger partial charge < -0.3 is 9.47 Å². The topological polar surface area (TPSA) is 83.9 Å². The number of hydrogen-bond acceptors (Lipinski definition) is 4. The molecule has 0 saturated heterocycles. The predicted octanol–water partition coefficient (Wildman–Crippen LogP) is 3.51. The molecular weight excluding hydrogens is 445 g/mol. The number of amides is 1. The van der Waals surface area contributed by atoms with Gasteiger partial charge in [0.2, 0.25) is 0 Å². The van der Waals surface area contributed by atoms with Crippen molar-refractivity contribution in [2.45, 2.75) is 39.3 Å². The minimum absolute atomic E-state index is 0.0344. The molecule has 0 atom stereocenters. The van der Waals surface area contributed by atoms with Gasteiger partial charge in [0.25, 0.3) is 11.5 Å². The highest BCUT2D eigenvalue weighted by molar-refractivity contribution is 5.94. The molecule has 0 fully saturated rings. The van der Waals surface area contributed by atoms with Crippen LogP contribution in [-0.4, -0.2) is 37.1 Å². The van der Waals surface area contributed by atoms with Gasteiger partial charge in [0.05, 0.1) is 17.8 Å². The van der Waals surface area contributed by atoms with Gasteiger partial charge in [-0.15, -0.1) is 0 Å². The third-order valence-corrected chi connectivity index (χ3v) is 6.42. The van der Waals surface area contributed by atoms with Gasteiger partial charge in [-0.25, -0.2) is 14.5 Å². The fraction of sp³-hybridized carbons (Fsp3) is 0.259. The van der Waals surface area contributed by atoms with Crippen LogP contribution in [0.1, 0.15) is 51.2 Å². The second-order valence-electron chi connectivity index (χ2n) is 8.76. The zero-order chi connectivity index (χ0) is 24.4. The van der Waals surface area contributed by atoms with E-state index in [1.54, 1.807) is 23.1 Å². The van der Waals surface area contributed by atoms with E-state index in [0.29, 0.717) is 43.7 Å². The molecule has 7 nitrogen and oxygen atoms in total. The summed E-state index contributed by atoms with van der Waals surface area (Å²) < 4.78 is 16.8. The smallest absolute Gasteiger partial charge is 0.267 e. The number of imidazole rings is 1. The number of benzene rings is 2. The van der Waals surface area contributed by atoms with Crippen LogP contribution in [0.25, 0.3) is 0 Å². The van der Waals surface area contributed by atoms with Crippen LogP contribution in [0.5, 0.6) is 0 Å². The number of nitrogens with one attached hydrogen (secondary N) is 1. The first-order valence-electron chi connectivity index (χ1n) is 11.7. The average Bonchev–Trinajstić information content (AvgIpc) is 3.28. The van der Waals surface area contributed by atoms with E-state index < -0.39 is 5.82 Å². The van der Waals surface area contributed by atoms with Crippen molar-refractivity contribution in [2.24, 2.45) is 0 Å². The van der Waals surface area contributed by atoms with E-state index in [1.807, 2.05) is 31.3 Å². The Morgan fingerprint density at radius 2 is 1.89 bits per heavy atom. The number of hydrogen-bond donors (Lipinski definition) is 1. The maximum absolute atomic E-state index is 14.7. The normalized spacial score (nSPS) is 13.0. The largest absolute Gasteiger partial charge is 0.329 e. The number of aromatic amines is 1. The molecule has 4 aromatic rings. The van der Waals surface area contributed by atoms with E-state index in [1.165, 1.54) is 11.6 Å². The number of halogens is 1. The quantitative estimate of drug-likeness (QED) is 0.467. The molecule has 1 aliphatic rings. The SMILES string of the molecule is CCc1cc(Cc2ccc(F)c(C(=O)N3CCn4c(Cc5ccccc5)cnc4C3)c2)n[nH]c1=O. The summed E-state index contributed by atoms with van der Waals surface area (Å²) >= 11 is 0. The molecule has 1 aliphatic heterocycles. The van der Waals surface area contributed by atoms with Crippen molar-refractivity contribution in [3.63, 3.8) is 0 Å². The average molecular weight is 472 g/mol. The molecule has 178 valence electrons. The molecule has 2 aromatic heterocycles. The molecule has 0 radical (unpaired) electrons. The number of H-pyrrole nitrogens is 1. The van der Waals surface area contributed by atoms with Crippen molar-refractivity contribution < 1.29 is 9.18 Å². The minimum Gasteiger partial charge on any atom is -0.329 e. The van der Waals surface area contributed by atoms with Crippen molar-refractivity contribution in [2.75, 3.05) is 6.54 Å². The van der Waals surface area contributed by atoms with Gasteiger partial charge in [0, 0.05) is 43.4 Å². The summed E-state index contributed by atoms with van der Waals surface area (Å²) in [5, 5.41) is 6.59. The van der Waals surface area contributed by atoms with E-state index in [-0.39, 0.29) is 17.0 Å². The fourth-order valence-corrected chi connectivity index (χ4v) is 4.52. The Labute approximate surface area is 202 Å². The number of carbonyl (C=O) groups excluding carboxylic acids is 1. The lowest BCUT2D eigenvalue weighted by Crippen LogP contribution is -2.39. The van der Waals surface area contributed by atoms with Crippen molar-refractivity contribution in [3.05, 3.63) is 116 Å². The second kappa shape index (κ2) is 9.66. The summed E-state index contributed by atoms with van der Waals surface area (Å²) in [5.74, 6) is -0.107. The van der Waals surface area contributed by atoms with Gasteiger partial charge in [-0.1, -0.05) is 43.3 Å². The van der Waals surface area contributed by atoms with Crippen molar-refractivity contribution >= 4 is 5.91 Å². The highest BCUT2D eigenvalue weighted by Gasteiger charge is 2.26. The van der Waals surface area contributed by atoms with Crippen LogP contribution in [0.4, 0.5) is 4.39 Å². The minimum atomic E-state index is -0.555. The number of fused-ring (bicyclic) bond motifs is 1. The Balaban J connectivity index is 1.33. The highest BCUT2D eigenvalue weighted by Crippen LogP contribution is 2.21. The molecule has 1 N–H and O–H groups in total. The van der Waals surface area contributed by atoms with Gasteiger partial charge in [-0.3, -0.25) is 9.59 Å². The van der Waals surface area contributed by atoms with Gasteiger partial charge in [-0.2, -0.15) is 5.10 Å². The zero-order valence-corrected chi connectivity index (χ0v) is 19.5. The Kier molecular flexibility index (Phi) is 6.27. The zero-order valence-electron chi connectivity index (χ0n) is 19.5. The van der Waals surface area contributed by atoms with Gasteiger partial charge in [0.15, 0.2) is 0 Å². The first-order valence-corrected chi connectivity index (χ1v) is 11.7. The third kappa shape index (κ3) is 4.77. The Bertz CT molecular complexity index is 1430. The lowest BCUT2D eigenvalue weighted by atomic mass is 10.0. The first kappa shape index (κ1) is 22.7. The Morgan fingerprint density at radius 1 is 1.06 bits per heavy atom. The summed E-state index contributed by atoms with van der Waals surface area (Å²) in [6.45, 7) is 3.33. The molecule has 35 heavy (non-hydrogen) atoms. The molecule has 0 bridgehead atoms. The maximum Gasteiger partial charge on any atom is 0.267 e. The molecule has 0 aliphatic carbocycles. The number of carbonyl (C=O) groups is 1. The lowest BCUT2D eigenvalue weighted by Gasteiger charge is -2.29. The molecule has 8 heteroatoms. The fourth-order valence-electron chi connectivity index (χ4n) is 4.52. The van der Waals surface area contributed by atoms with E-state index >= 15 is 0 Å². The maximum atomic E-state index is 14.7. The summed E-state index contributed by atoms with van der Waals surface area (Å²) in [4.78, 5) is 31.2. The molecular formula is C27H26FN5O2. The van der Waals surface area contributed by atoms with E-state index in [0.717, 1.165) is 23.5 Å². The first-order chi connectivity index (χ1) is 17.0. The van der Waals surface area contributed by atoms with Crippen LogP contribution in [0, 0.1) is 5.82 Å². The van der Waals surface area contributed by atoms with E-state index in [4.69, 9.17) is 0 Å². The van der Waals surface area contributed by atoms with E-state index in [2.05, 4.69) is 31.9 Å². The summed E-state index contributed by atoms with van der Waals surface area (Å²) in [7, 11) is 0. The summed E-state index contributed by atoms with van der Waals surface area (Å²) in [6, 6.07) is 16.5. The molecule has 0 spiro atoms. The Morgan fingerprint density at radius 3 is 2.69 bits per heavy atom. The standard InChI is InChI=1S/C27H26FN5O2/c1-2-20-15-21(30-31-26(20)34)12-19-8-9-24(28)23(14-19)27(35)32-10-11-33-22(16-29-25(33)17-32)13-18-6-4-3-5-7-18/h3-9,14-16H,2,10-13,17H2,1H3,(H,31,34). The van der Waals surface area contributed by atoms with Gasteiger partial charge in [0.1, 0.15) is 11.6 Å². The number of nitrogens with zero attached hydrogens (tertiary/aromatic N) is 4. The molecule has 1 amide bonds. The molecule has 0 saturated carbocycles. The van der Waals surface area contributed by atoms with Crippen molar-refractivity contribution in [3.8, 4) is 0 Å². The van der Waals surface area contributed by atoms with Crippen LogP contribution >= 0.6 is 0 Å². The van der Waals surface area contributed by atoms with Crippen LogP contribution < -0.4 is 5.56 Å². The van der Waals surface area contributed by atoms with Crippen LogP contribution in [0.3, 0.4) is 0 Å². The third-order valence-electron chi connectivity index (χ3n) is 6.42. The van der Waals surface area contributed by atoms with Gasteiger partial charge >= 0.3 is 0 Å².